The molecule has 0 unspecified atom stereocenters. The molecule has 0 aromatic heterocycles. The predicted octanol–water partition coefficient (Wildman–Crippen LogP) is 6.76. The first kappa shape index (κ1) is 23.5. The van der Waals surface area contributed by atoms with E-state index in [1.165, 1.54) is 6.07 Å². The van der Waals surface area contributed by atoms with Gasteiger partial charge < -0.3 is 14.3 Å². The summed E-state index contributed by atoms with van der Waals surface area (Å²) in [5.41, 5.74) is 4.31. The van der Waals surface area contributed by atoms with E-state index in [-0.39, 0.29) is 17.2 Å². The molecule has 0 amide bonds. The van der Waals surface area contributed by atoms with Crippen LogP contribution in [-0.2, 0) is 23.2 Å². The van der Waals surface area contributed by atoms with Crippen LogP contribution in [0.4, 0.5) is 4.39 Å². The monoisotopic (exact) mass is 434 g/mol. The quantitative estimate of drug-likeness (QED) is 0.368. The van der Waals surface area contributed by atoms with Crippen molar-refractivity contribution in [2.45, 2.75) is 46.1 Å². The number of carbonyl (C=O) groups is 1. The summed E-state index contributed by atoms with van der Waals surface area (Å²) >= 11 is 0. The van der Waals surface area contributed by atoms with Crippen LogP contribution >= 0.6 is 0 Å². The van der Waals surface area contributed by atoms with Gasteiger partial charge in [0.2, 0.25) is 0 Å². The van der Waals surface area contributed by atoms with E-state index in [1.807, 2.05) is 43.3 Å². The molecule has 0 aliphatic rings. The Kier molecular flexibility index (Phi) is 7.34. The molecular weight excluding hydrogens is 403 g/mol. The minimum atomic E-state index is -0.283. The third-order valence-corrected chi connectivity index (χ3v) is 5.47. The van der Waals surface area contributed by atoms with Crippen molar-refractivity contribution in [2.24, 2.45) is 5.92 Å². The van der Waals surface area contributed by atoms with E-state index in [4.69, 9.17) is 9.47 Å². The molecule has 0 bridgehead atoms. The topological polar surface area (TPSA) is 35.5 Å². The number of aldehydes is 1. The summed E-state index contributed by atoms with van der Waals surface area (Å²) in [5, 5.41) is 0. The van der Waals surface area contributed by atoms with E-state index in [1.54, 1.807) is 19.2 Å². The lowest BCUT2D eigenvalue weighted by Gasteiger charge is -2.24. The smallest absolute Gasteiger partial charge is 0.131 e. The first-order valence-electron chi connectivity index (χ1n) is 10.9. The standard InChI is InChI=1S/C28H31FO3/c1-19(17-30)14-20-6-9-22(10-7-20)32-18-21-8-12-26(28(2,3)4)24(15-21)25-16-23(31-5)11-13-27(25)29/h6-13,15-17,19H,14,18H2,1-5H3/t19-/m0/s1. The molecule has 0 aliphatic carbocycles. The first-order chi connectivity index (χ1) is 15.2. The van der Waals surface area contributed by atoms with Gasteiger partial charge in [-0.1, -0.05) is 52.0 Å². The molecular formula is C28H31FO3. The van der Waals surface area contributed by atoms with Gasteiger partial charge in [0.1, 0.15) is 30.2 Å². The summed E-state index contributed by atoms with van der Waals surface area (Å²) in [4.78, 5) is 10.9. The van der Waals surface area contributed by atoms with Crippen molar-refractivity contribution < 1.29 is 18.7 Å². The summed E-state index contributed by atoms with van der Waals surface area (Å²) in [6.07, 6.45) is 1.68. The van der Waals surface area contributed by atoms with Crippen LogP contribution in [0.15, 0.2) is 60.7 Å². The molecule has 32 heavy (non-hydrogen) atoms. The van der Waals surface area contributed by atoms with E-state index >= 15 is 0 Å². The zero-order chi connectivity index (χ0) is 23.3. The molecule has 0 heterocycles. The summed E-state index contributed by atoms with van der Waals surface area (Å²) in [7, 11) is 1.58. The van der Waals surface area contributed by atoms with E-state index in [0.717, 1.165) is 34.3 Å². The number of methoxy groups -OCH3 is 1. The minimum Gasteiger partial charge on any atom is -0.497 e. The van der Waals surface area contributed by atoms with Gasteiger partial charge in [-0.05, 0) is 70.5 Å². The lowest BCUT2D eigenvalue weighted by Crippen LogP contribution is -2.13. The van der Waals surface area contributed by atoms with Crippen molar-refractivity contribution in [3.8, 4) is 22.6 Å². The molecule has 3 nitrogen and oxygen atoms in total. The second-order valence-electron chi connectivity index (χ2n) is 9.23. The van der Waals surface area contributed by atoms with Crippen LogP contribution in [0.5, 0.6) is 11.5 Å². The van der Waals surface area contributed by atoms with Gasteiger partial charge in [0.05, 0.1) is 7.11 Å². The third kappa shape index (κ3) is 5.76. The minimum absolute atomic E-state index is 0.00136. The molecule has 0 saturated carbocycles. The van der Waals surface area contributed by atoms with Gasteiger partial charge in [0.15, 0.2) is 0 Å². The van der Waals surface area contributed by atoms with Crippen LogP contribution in [0.3, 0.4) is 0 Å². The highest BCUT2D eigenvalue weighted by molar-refractivity contribution is 5.71. The van der Waals surface area contributed by atoms with Gasteiger partial charge in [0, 0.05) is 11.5 Å². The maximum Gasteiger partial charge on any atom is 0.131 e. The number of hydrogen-bond donors (Lipinski definition) is 0. The Hall–Kier alpha value is -3.14. The molecule has 3 aromatic rings. The predicted molar refractivity (Wildman–Crippen MR) is 127 cm³/mol. The Bertz CT molecular complexity index is 1070. The second kappa shape index (κ2) is 9.99. The van der Waals surface area contributed by atoms with Crippen molar-refractivity contribution in [2.75, 3.05) is 7.11 Å². The molecule has 0 N–H and O–H groups in total. The van der Waals surface area contributed by atoms with Crippen molar-refractivity contribution in [1.82, 2.24) is 0 Å². The van der Waals surface area contributed by atoms with Gasteiger partial charge in [-0.25, -0.2) is 4.39 Å². The van der Waals surface area contributed by atoms with Crippen LogP contribution in [0, 0.1) is 11.7 Å². The Morgan fingerprint density at radius 2 is 1.56 bits per heavy atom. The molecule has 3 aromatic carbocycles. The van der Waals surface area contributed by atoms with Crippen molar-refractivity contribution in [3.63, 3.8) is 0 Å². The largest absolute Gasteiger partial charge is 0.497 e. The zero-order valence-corrected chi connectivity index (χ0v) is 19.4. The Morgan fingerprint density at radius 1 is 0.906 bits per heavy atom. The molecule has 0 saturated heterocycles. The van der Waals surface area contributed by atoms with Crippen molar-refractivity contribution in [1.29, 1.82) is 0 Å². The number of ether oxygens (including phenoxy) is 2. The average Bonchev–Trinajstić information content (AvgIpc) is 2.78. The third-order valence-electron chi connectivity index (χ3n) is 5.47. The highest BCUT2D eigenvalue weighted by atomic mass is 19.1. The van der Waals surface area contributed by atoms with Crippen LogP contribution in [0.2, 0.25) is 0 Å². The lowest BCUT2D eigenvalue weighted by atomic mass is 9.81. The van der Waals surface area contributed by atoms with Crippen molar-refractivity contribution in [3.05, 3.63) is 83.2 Å². The van der Waals surface area contributed by atoms with E-state index in [9.17, 15) is 9.18 Å². The molecule has 0 radical (unpaired) electrons. The first-order valence-corrected chi connectivity index (χ1v) is 10.9. The van der Waals surface area contributed by atoms with Gasteiger partial charge in [-0.2, -0.15) is 0 Å². The van der Waals surface area contributed by atoms with Crippen LogP contribution in [-0.4, -0.2) is 13.4 Å². The Morgan fingerprint density at radius 3 is 2.19 bits per heavy atom. The summed E-state index contributed by atoms with van der Waals surface area (Å²) < 4.78 is 26.1. The van der Waals surface area contributed by atoms with Gasteiger partial charge in [-0.15, -0.1) is 0 Å². The summed E-state index contributed by atoms with van der Waals surface area (Å²) in [5.74, 6) is 1.08. The fraction of sp³-hybridized carbons (Fsp3) is 0.321. The van der Waals surface area contributed by atoms with E-state index in [0.29, 0.717) is 24.3 Å². The highest BCUT2D eigenvalue weighted by Crippen LogP contribution is 2.36. The second-order valence-corrected chi connectivity index (χ2v) is 9.23. The van der Waals surface area contributed by atoms with Gasteiger partial charge >= 0.3 is 0 Å². The Labute approximate surface area is 190 Å². The van der Waals surface area contributed by atoms with Gasteiger partial charge in [0.25, 0.3) is 0 Å². The number of hydrogen-bond acceptors (Lipinski definition) is 3. The summed E-state index contributed by atoms with van der Waals surface area (Å²) in [6.45, 7) is 8.63. The fourth-order valence-electron chi connectivity index (χ4n) is 3.70. The molecule has 168 valence electrons. The maximum absolute atomic E-state index is 14.8. The van der Waals surface area contributed by atoms with Crippen LogP contribution in [0.25, 0.3) is 11.1 Å². The molecule has 3 rings (SSSR count). The SMILES string of the molecule is COc1ccc(F)c(-c2cc(COc3ccc(C[C@H](C)C=O)cc3)ccc2C(C)(C)C)c1. The average molecular weight is 435 g/mol. The van der Waals surface area contributed by atoms with Crippen LogP contribution in [0.1, 0.15) is 44.4 Å². The van der Waals surface area contributed by atoms with Crippen molar-refractivity contribution >= 4 is 6.29 Å². The maximum atomic E-state index is 14.8. The fourth-order valence-corrected chi connectivity index (χ4v) is 3.70. The summed E-state index contributed by atoms with van der Waals surface area (Å²) in [6, 6.07) is 18.7. The number of benzene rings is 3. The van der Waals surface area contributed by atoms with Crippen LogP contribution < -0.4 is 9.47 Å². The number of carbonyl (C=O) groups excluding carboxylic acids is 1. The number of halogens is 1. The van der Waals surface area contributed by atoms with Gasteiger partial charge in [-0.3, -0.25) is 0 Å². The van der Waals surface area contributed by atoms with E-state index in [2.05, 4.69) is 26.8 Å². The molecule has 0 fully saturated rings. The lowest BCUT2D eigenvalue weighted by molar-refractivity contribution is -0.110. The zero-order valence-electron chi connectivity index (χ0n) is 19.4. The normalized spacial score (nSPS) is 12.3. The van der Waals surface area contributed by atoms with E-state index < -0.39 is 0 Å². The molecule has 4 heteroatoms. The molecule has 1 atom stereocenters. The molecule has 0 spiro atoms. The highest BCUT2D eigenvalue weighted by Gasteiger charge is 2.21. The molecule has 0 aliphatic heterocycles. The number of rotatable bonds is 8. The Balaban J connectivity index is 1.86.